The van der Waals surface area contributed by atoms with E-state index in [2.05, 4.69) is 70.0 Å². The molecule has 3 rings (SSSR count). The Kier molecular flexibility index (Phi) is 5.60. The summed E-state index contributed by atoms with van der Waals surface area (Å²) in [6.07, 6.45) is 4.05. The summed E-state index contributed by atoms with van der Waals surface area (Å²) in [6.45, 7) is 17.2. The molecule has 2 heterocycles. The van der Waals surface area contributed by atoms with Gasteiger partial charge in [0.15, 0.2) is 0 Å². The molecule has 142 valence electrons. The van der Waals surface area contributed by atoms with Crippen molar-refractivity contribution in [2.24, 2.45) is 0 Å². The molecule has 1 aromatic heterocycles. The first-order valence-electron chi connectivity index (χ1n) is 9.96. The van der Waals surface area contributed by atoms with Gasteiger partial charge in [0.05, 0.1) is 12.2 Å². The number of likely N-dealkylation sites (tertiary alicyclic amines) is 1. The molecule has 1 aliphatic heterocycles. The highest BCUT2D eigenvalue weighted by atomic mass is 32.1. The molecule has 26 heavy (non-hydrogen) atoms. The van der Waals surface area contributed by atoms with Gasteiger partial charge in [-0.15, -0.1) is 11.3 Å². The second-order valence-electron chi connectivity index (χ2n) is 9.76. The third kappa shape index (κ3) is 4.75. The van der Waals surface area contributed by atoms with Crippen LogP contribution in [0.3, 0.4) is 0 Å². The average Bonchev–Trinajstić information content (AvgIpc) is 3.02. The predicted octanol–water partition coefficient (Wildman–Crippen LogP) is 6.39. The molecule has 0 aliphatic carbocycles. The smallest absolute Gasteiger partial charge is 0.107 e. The van der Waals surface area contributed by atoms with Gasteiger partial charge in [-0.1, -0.05) is 54.0 Å². The van der Waals surface area contributed by atoms with Gasteiger partial charge in [-0.05, 0) is 60.0 Å². The fraction of sp³-hybridized carbons (Fsp3) is 0.609. The van der Waals surface area contributed by atoms with Gasteiger partial charge in [0, 0.05) is 10.9 Å². The summed E-state index contributed by atoms with van der Waals surface area (Å²) >= 11 is 1.81. The van der Waals surface area contributed by atoms with Crippen molar-refractivity contribution in [3.8, 4) is 11.3 Å². The van der Waals surface area contributed by atoms with E-state index >= 15 is 0 Å². The summed E-state index contributed by atoms with van der Waals surface area (Å²) in [5.74, 6) is 0. The van der Waals surface area contributed by atoms with Crippen LogP contribution in [0, 0.1) is 0 Å². The van der Waals surface area contributed by atoms with Crippen molar-refractivity contribution in [2.75, 3.05) is 13.1 Å². The molecular weight excluding hydrogens is 336 g/mol. The number of hydrogen-bond acceptors (Lipinski definition) is 3. The molecule has 1 aromatic carbocycles. The van der Waals surface area contributed by atoms with Gasteiger partial charge >= 0.3 is 0 Å². The van der Waals surface area contributed by atoms with Crippen LogP contribution in [0.5, 0.6) is 0 Å². The second-order valence-corrected chi connectivity index (χ2v) is 10.7. The molecule has 0 spiro atoms. The van der Waals surface area contributed by atoms with Gasteiger partial charge in [0.1, 0.15) is 5.01 Å². The number of hydrogen-bond donors (Lipinski definition) is 0. The highest BCUT2D eigenvalue weighted by Crippen LogP contribution is 2.34. The number of rotatable bonds is 3. The number of nitrogens with zero attached hydrogens (tertiary/aromatic N) is 2. The van der Waals surface area contributed by atoms with Gasteiger partial charge in [0.2, 0.25) is 0 Å². The maximum atomic E-state index is 5.00. The first-order valence-corrected chi connectivity index (χ1v) is 10.8. The topological polar surface area (TPSA) is 16.1 Å². The lowest BCUT2D eigenvalue weighted by atomic mass is 9.79. The zero-order valence-corrected chi connectivity index (χ0v) is 18.2. The summed E-state index contributed by atoms with van der Waals surface area (Å²) in [5.41, 5.74) is 5.48. The molecule has 0 amide bonds. The molecule has 2 aromatic rings. The summed E-state index contributed by atoms with van der Waals surface area (Å²) in [4.78, 5) is 7.55. The minimum atomic E-state index is 0.142. The van der Waals surface area contributed by atoms with Crippen molar-refractivity contribution in [1.82, 2.24) is 9.88 Å². The molecule has 1 saturated heterocycles. The molecule has 2 nitrogen and oxygen atoms in total. The molecule has 0 radical (unpaired) electrons. The van der Waals surface area contributed by atoms with Gasteiger partial charge in [0.25, 0.3) is 0 Å². The van der Waals surface area contributed by atoms with Crippen LogP contribution < -0.4 is 0 Å². The molecule has 0 N–H and O–H groups in total. The van der Waals surface area contributed by atoms with Crippen LogP contribution >= 0.6 is 11.3 Å². The van der Waals surface area contributed by atoms with Gasteiger partial charge < -0.3 is 0 Å². The largest absolute Gasteiger partial charge is 0.297 e. The van der Waals surface area contributed by atoms with Gasteiger partial charge in [-0.2, -0.15) is 0 Å². The predicted molar refractivity (Wildman–Crippen MR) is 114 cm³/mol. The fourth-order valence-corrected chi connectivity index (χ4v) is 4.31. The van der Waals surface area contributed by atoms with Crippen LogP contribution in [0.15, 0.2) is 23.6 Å². The third-order valence-electron chi connectivity index (χ3n) is 5.32. The Morgan fingerprint density at radius 2 is 1.46 bits per heavy atom. The van der Waals surface area contributed by atoms with Crippen LogP contribution in [0.4, 0.5) is 0 Å². The normalized spacial score (nSPS) is 16.8. The van der Waals surface area contributed by atoms with Crippen molar-refractivity contribution in [3.05, 3.63) is 39.7 Å². The summed E-state index contributed by atoms with van der Waals surface area (Å²) in [7, 11) is 0. The Bertz CT molecular complexity index is 708. The number of piperidine rings is 1. The van der Waals surface area contributed by atoms with Crippen LogP contribution in [0.1, 0.15) is 76.9 Å². The Hall–Kier alpha value is -1.19. The zero-order chi connectivity index (χ0) is 18.9. The van der Waals surface area contributed by atoms with E-state index in [0.717, 1.165) is 12.2 Å². The molecule has 1 aliphatic rings. The first-order chi connectivity index (χ1) is 12.1. The minimum absolute atomic E-state index is 0.142. The van der Waals surface area contributed by atoms with E-state index in [9.17, 15) is 0 Å². The van der Waals surface area contributed by atoms with Crippen LogP contribution in [-0.2, 0) is 17.4 Å². The average molecular weight is 371 g/mol. The van der Waals surface area contributed by atoms with Crippen molar-refractivity contribution in [1.29, 1.82) is 0 Å². The fourth-order valence-electron chi connectivity index (χ4n) is 3.47. The van der Waals surface area contributed by atoms with Gasteiger partial charge in [-0.3, -0.25) is 4.90 Å². The van der Waals surface area contributed by atoms with E-state index in [0.29, 0.717) is 0 Å². The van der Waals surface area contributed by atoms with Crippen molar-refractivity contribution >= 4 is 11.3 Å². The minimum Gasteiger partial charge on any atom is -0.297 e. The number of aromatic nitrogens is 1. The molecule has 3 heteroatoms. The molecule has 0 saturated carbocycles. The van der Waals surface area contributed by atoms with Crippen molar-refractivity contribution in [3.63, 3.8) is 0 Å². The van der Waals surface area contributed by atoms with Gasteiger partial charge in [-0.25, -0.2) is 4.98 Å². The first kappa shape index (κ1) is 19.6. The lowest BCUT2D eigenvalue weighted by molar-refractivity contribution is 0.220. The molecule has 1 fully saturated rings. The third-order valence-corrected chi connectivity index (χ3v) is 6.15. The maximum Gasteiger partial charge on any atom is 0.107 e. The summed E-state index contributed by atoms with van der Waals surface area (Å²) in [5, 5.41) is 3.49. The van der Waals surface area contributed by atoms with E-state index in [4.69, 9.17) is 4.98 Å². The molecular formula is C23H34N2S. The quantitative estimate of drug-likeness (QED) is 0.622. The maximum absolute atomic E-state index is 5.00. The Labute approximate surface area is 163 Å². The molecule has 0 atom stereocenters. The Balaban J connectivity index is 1.90. The second kappa shape index (κ2) is 7.44. The lowest BCUT2D eigenvalue weighted by Crippen LogP contribution is -2.28. The number of benzene rings is 1. The van der Waals surface area contributed by atoms with Crippen LogP contribution in [-0.4, -0.2) is 23.0 Å². The lowest BCUT2D eigenvalue weighted by Gasteiger charge is -2.26. The van der Waals surface area contributed by atoms with E-state index < -0.39 is 0 Å². The highest BCUT2D eigenvalue weighted by molar-refractivity contribution is 7.09. The van der Waals surface area contributed by atoms with Crippen molar-refractivity contribution < 1.29 is 0 Å². The monoisotopic (exact) mass is 370 g/mol. The van der Waals surface area contributed by atoms with Crippen molar-refractivity contribution in [2.45, 2.75) is 78.2 Å². The standard InChI is InChI=1S/C23H34N2S/c1-22(2,3)18-12-17(13-19(14-18)23(4,5)6)20-16-26-21(24-20)15-25-10-8-7-9-11-25/h12-14,16H,7-11,15H2,1-6H3. The van der Waals surface area contributed by atoms with E-state index in [1.54, 1.807) is 0 Å². The van der Waals surface area contributed by atoms with Crippen LogP contribution in [0.25, 0.3) is 11.3 Å². The SMILES string of the molecule is CC(C)(C)c1cc(-c2csc(CN3CCCCC3)n2)cc(C(C)(C)C)c1. The van der Waals surface area contributed by atoms with E-state index in [1.807, 2.05) is 11.3 Å². The summed E-state index contributed by atoms with van der Waals surface area (Å²) in [6, 6.07) is 7.06. The highest BCUT2D eigenvalue weighted by Gasteiger charge is 2.21. The van der Waals surface area contributed by atoms with E-state index in [-0.39, 0.29) is 10.8 Å². The zero-order valence-electron chi connectivity index (χ0n) is 17.4. The van der Waals surface area contributed by atoms with Crippen LogP contribution in [0.2, 0.25) is 0 Å². The number of thiazole rings is 1. The Morgan fingerprint density at radius 1 is 0.885 bits per heavy atom. The Morgan fingerprint density at radius 3 is 2.00 bits per heavy atom. The molecule has 0 bridgehead atoms. The summed E-state index contributed by atoms with van der Waals surface area (Å²) < 4.78 is 0. The molecule has 0 unspecified atom stereocenters. The van der Waals surface area contributed by atoms with E-state index in [1.165, 1.54) is 54.0 Å².